The van der Waals surface area contributed by atoms with Crippen LogP contribution in [-0.4, -0.2) is 5.11 Å². The number of rotatable bonds is 6. The molecule has 1 saturated carbocycles. The maximum Gasteiger partial charge on any atom is 0.159 e. The molecule has 1 unspecified atom stereocenters. The summed E-state index contributed by atoms with van der Waals surface area (Å²) in [6.45, 7) is 2.26. The van der Waals surface area contributed by atoms with Crippen LogP contribution < -0.4 is 0 Å². The molecule has 3 heteroatoms. The van der Waals surface area contributed by atoms with Gasteiger partial charge in [0.2, 0.25) is 0 Å². The lowest BCUT2D eigenvalue weighted by Gasteiger charge is -2.36. The highest BCUT2D eigenvalue weighted by Gasteiger charge is 2.34. The lowest BCUT2D eigenvalue weighted by molar-refractivity contribution is 0.0237. The molecule has 1 atom stereocenters. The van der Waals surface area contributed by atoms with Gasteiger partial charge in [-0.3, -0.25) is 0 Å². The topological polar surface area (TPSA) is 20.2 Å². The molecular weight excluding hydrogens is 330 g/mol. The van der Waals surface area contributed by atoms with Crippen molar-refractivity contribution in [2.75, 3.05) is 0 Å². The molecule has 0 heterocycles. The largest absolute Gasteiger partial charge is 0.385 e. The van der Waals surface area contributed by atoms with E-state index in [0.717, 1.165) is 24.5 Å². The Balaban J connectivity index is 1.55. The van der Waals surface area contributed by atoms with E-state index in [-0.39, 0.29) is 0 Å². The van der Waals surface area contributed by atoms with E-state index in [9.17, 15) is 13.9 Å². The summed E-state index contributed by atoms with van der Waals surface area (Å²) >= 11 is 0. The van der Waals surface area contributed by atoms with Crippen LogP contribution in [-0.2, 0) is 5.60 Å². The van der Waals surface area contributed by atoms with E-state index in [1.165, 1.54) is 63.0 Å². The van der Waals surface area contributed by atoms with Crippen LogP contribution in [0.15, 0.2) is 29.8 Å². The maximum atomic E-state index is 13.5. The Hall–Kier alpha value is -1.22. The van der Waals surface area contributed by atoms with Crippen molar-refractivity contribution < 1.29 is 13.9 Å². The third kappa shape index (κ3) is 4.54. The minimum atomic E-state index is -1.06. The van der Waals surface area contributed by atoms with Crippen molar-refractivity contribution in [1.82, 2.24) is 0 Å². The number of hydrogen-bond acceptors (Lipinski definition) is 1. The summed E-state index contributed by atoms with van der Waals surface area (Å²) in [6.07, 6.45) is 14.7. The second-order valence-corrected chi connectivity index (χ2v) is 8.36. The molecule has 1 aromatic carbocycles. The normalized spacial score (nSPS) is 29.5. The van der Waals surface area contributed by atoms with Gasteiger partial charge < -0.3 is 5.11 Å². The SMILES string of the molecule is CCCCCC1CCC(C2=CCC(O)(c3ccc(F)c(F)c3)CC2)CC1. The summed E-state index contributed by atoms with van der Waals surface area (Å²) in [5.41, 5.74) is 0.908. The number of allylic oxidation sites excluding steroid dienone is 1. The lowest BCUT2D eigenvalue weighted by atomic mass is 9.71. The molecule has 144 valence electrons. The van der Waals surface area contributed by atoms with Gasteiger partial charge in [0, 0.05) is 0 Å². The number of aliphatic hydroxyl groups is 1. The van der Waals surface area contributed by atoms with Crippen LogP contribution in [0.25, 0.3) is 0 Å². The van der Waals surface area contributed by atoms with Crippen molar-refractivity contribution in [3.63, 3.8) is 0 Å². The Morgan fingerprint density at radius 1 is 1.08 bits per heavy atom. The van der Waals surface area contributed by atoms with E-state index in [2.05, 4.69) is 13.0 Å². The van der Waals surface area contributed by atoms with Gasteiger partial charge >= 0.3 is 0 Å². The molecule has 2 aliphatic rings. The first-order chi connectivity index (χ1) is 12.5. The first-order valence-corrected chi connectivity index (χ1v) is 10.4. The summed E-state index contributed by atoms with van der Waals surface area (Å²) in [5, 5.41) is 10.9. The second kappa shape index (κ2) is 8.65. The van der Waals surface area contributed by atoms with Crippen molar-refractivity contribution in [3.05, 3.63) is 47.0 Å². The Kier molecular flexibility index (Phi) is 6.50. The van der Waals surface area contributed by atoms with Gasteiger partial charge in [-0.1, -0.05) is 50.3 Å². The van der Waals surface area contributed by atoms with Gasteiger partial charge in [-0.25, -0.2) is 8.78 Å². The van der Waals surface area contributed by atoms with E-state index in [0.29, 0.717) is 24.3 Å². The Morgan fingerprint density at radius 2 is 1.85 bits per heavy atom. The van der Waals surface area contributed by atoms with E-state index >= 15 is 0 Å². The standard InChI is InChI=1S/C23H32F2O/c1-2-3-4-5-17-6-8-18(9-7-17)19-12-14-23(26,15-13-19)20-10-11-21(24)22(25)16-20/h10-12,16-18,26H,2-9,13-15H2,1H3. The van der Waals surface area contributed by atoms with Crippen LogP contribution in [0.3, 0.4) is 0 Å². The molecule has 1 fully saturated rings. The molecule has 0 saturated heterocycles. The minimum Gasteiger partial charge on any atom is -0.385 e. The summed E-state index contributed by atoms with van der Waals surface area (Å²) < 4.78 is 26.7. The highest BCUT2D eigenvalue weighted by atomic mass is 19.2. The van der Waals surface area contributed by atoms with Gasteiger partial charge in [-0.05, 0) is 74.5 Å². The quantitative estimate of drug-likeness (QED) is 0.444. The van der Waals surface area contributed by atoms with Crippen LogP contribution in [0, 0.1) is 23.5 Å². The monoisotopic (exact) mass is 362 g/mol. The molecule has 1 aromatic rings. The van der Waals surface area contributed by atoms with E-state index in [1.807, 2.05) is 0 Å². The van der Waals surface area contributed by atoms with E-state index < -0.39 is 17.2 Å². The highest BCUT2D eigenvalue weighted by Crippen LogP contribution is 2.43. The first-order valence-electron chi connectivity index (χ1n) is 10.4. The predicted octanol–water partition coefficient (Wildman–Crippen LogP) is 6.65. The molecule has 0 spiro atoms. The predicted molar refractivity (Wildman–Crippen MR) is 102 cm³/mol. The fraction of sp³-hybridized carbons (Fsp3) is 0.652. The van der Waals surface area contributed by atoms with Gasteiger partial charge in [0.05, 0.1) is 5.60 Å². The molecule has 1 nitrogen and oxygen atoms in total. The van der Waals surface area contributed by atoms with Gasteiger partial charge in [-0.15, -0.1) is 0 Å². The third-order valence-electron chi connectivity index (χ3n) is 6.57. The van der Waals surface area contributed by atoms with E-state index in [4.69, 9.17) is 0 Å². The molecule has 0 radical (unpaired) electrons. The maximum absolute atomic E-state index is 13.5. The minimum absolute atomic E-state index is 0.492. The van der Waals surface area contributed by atoms with Gasteiger partial charge in [0.15, 0.2) is 11.6 Å². The summed E-state index contributed by atoms with van der Waals surface area (Å²) in [6, 6.07) is 3.77. The molecule has 1 N–H and O–H groups in total. The zero-order valence-electron chi connectivity index (χ0n) is 15.9. The number of hydrogen-bond donors (Lipinski definition) is 1. The number of unbranched alkanes of at least 4 members (excludes halogenated alkanes) is 2. The smallest absolute Gasteiger partial charge is 0.159 e. The second-order valence-electron chi connectivity index (χ2n) is 8.36. The third-order valence-corrected chi connectivity index (χ3v) is 6.57. The number of halogens is 2. The van der Waals surface area contributed by atoms with Crippen LogP contribution in [0.2, 0.25) is 0 Å². The first kappa shape index (κ1) is 19.5. The van der Waals surface area contributed by atoms with Crippen molar-refractivity contribution in [2.24, 2.45) is 11.8 Å². The molecule has 0 aromatic heterocycles. The Morgan fingerprint density at radius 3 is 2.46 bits per heavy atom. The summed E-state index contributed by atoms with van der Waals surface area (Å²) in [4.78, 5) is 0. The van der Waals surface area contributed by atoms with Crippen molar-refractivity contribution in [3.8, 4) is 0 Å². The van der Waals surface area contributed by atoms with Gasteiger partial charge in [0.25, 0.3) is 0 Å². The average Bonchev–Trinajstić information content (AvgIpc) is 2.65. The molecule has 0 amide bonds. The average molecular weight is 363 g/mol. The van der Waals surface area contributed by atoms with Crippen molar-refractivity contribution in [1.29, 1.82) is 0 Å². The number of benzene rings is 1. The van der Waals surface area contributed by atoms with Crippen LogP contribution in [0.5, 0.6) is 0 Å². The highest BCUT2D eigenvalue weighted by molar-refractivity contribution is 5.28. The molecule has 3 rings (SSSR count). The molecule has 26 heavy (non-hydrogen) atoms. The zero-order chi connectivity index (χ0) is 18.6. The van der Waals surface area contributed by atoms with Crippen LogP contribution in [0.1, 0.15) is 83.1 Å². The van der Waals surface area contributed by atoms with Gasteiger partial charge in [0.1, 0.15) is 0 Å². The fourth-order valence-corrected chi connectivity index (χ4v) is 4.78. The Bertz CT molecular complexity index is 631. The van der Waals surface area contributed by atoms with Gasteiger partial charge in [-0.2, -0.15) is 0 Å². The van der Waals surface area contributed by atoms with Crippen LogP contribution in [0.4, 0.5) is 8.78 Å². The summed E-state index contributed by atoms with van der Waals surface area (Å²) in [7, 11) is 0. The van der Waals surface area contributed by atoms with E-state index in [1.54, 1.807) is 0 Å². The lowest BCUT2D eigenvalue weighted by Crippen LogP contribution is -2.29. The molecule has 2 aliphatic carbocycles. The van der Waals surface area contributed by atoms with Crippen molar-refractivity contribution in [2.45, 2.75) is 83.2 Å². The molecular formula is C23H32F2O. The molecule has 0 bridgehead atoms. The summed E-state index contributed by atoms with van der Waals surface area (Å²) in [5.74, 6) is -0.180. The van der Waals surface area contributed by atoms with Crippen LogP contribution >= 0.6 is 0 Å². The fourth-order valence-electron chi connectivity index (χ4n) is 4.78. The molecule has 0 aliphatic heterocycles. The van der Waals surface area contributed by atoms with Crippen molar-refractivity contribution >= 4 is 0 Å². The Labute approximate surface area is 156 Å². The zero-order valence-corrected chi connectivity index (χ0v) is 15.9.